The summed E-state index contributed by atoms with van der Waals surface area (Å²) in [6.07, 6.45) is 18.8. The smallest absolute Gasteiger partial charge is 0.323 e. The van der Waals surface area contributed by atoms with Gasteiger partial charge in [-0.25, -0.2) is 10.1 Å². The monoisotopic (exact) mass is 571 g/mol. The molecule has 0 aromatic heterocycles. The Labute approximate surface area is 241 Å². The zero-order chi connectivity index (χ0) is 29.9. The number of hydrogen-bond donors (Lipinski definition) is 4. The molecule has 40 heavy (non-hydrogen) atoms. The minimum Gasteiger partial charge on any atom is -0.480 e. The first-order chi connectivity index (χ1) is 19.3. The lowest BCUT2D eigenvalue weighted by Crippen LogP contribution is -2.53. The highest BCUT2D eigenvalue weighted by molar-refractivity contribution is 5.79. The molecule has 11 heteroatoms. The van der Waals surface area contributed by atoms with Crippen molar-refractivity contribution in [2.45, 2.75) is 148 Å². The van der Waals surface area contributed by atoms with Gasteiger partial charge >= 0.3 is 11.9 Å². The summed E-state index contributed by atoms with van der Waals surface area (Å²) in [5.74, 6) is -1.27. The molecule has 0 heterocycles. The Morgan fingerprint density at radius 1 is 0.825 bits per heavy atom. The minimum atomic E-state index is -1.04. The van der Waals surface area contributed by atoms with E-state index in [-0.39, 0.29) is 11.9 Å². The van der Waals surface area contributed by atoms with Crippen LogP contribution >= 0.6 is 0 Å². The summed E-state index contributed by atoms with van der Waals surface area (Å²) in [5, 5.41) is 28.6. The van der Waals surface area contributed by atoms with Crippen LogP contribution in [0.15, 0.2) is 5.10 Å². The molecule has 0 bridgehead atoms. The average molecular weight is 572 g/mol. The van der Waals surface area contributed by atoms with E-state index >= 15 is 0 Å². The number of carboxylic acid groups (broad SMARTS) is 1. The Hall–Kier alpha value is -2.43. The molecule has 0 aliphatic carbocycles. The summed E-state index contributed by atoms with van der Waals surface area (Å²) in [6.45, 7) is 5.75. The number of ether oxygens (including phenoxy) is 1. The van der Waals surface area contributed by atoms with E-state index in [9.17, 15) is 24.8 Å². The summed E-state index contributed by atoms with van der Waals surface area (Å²) < 4.78 is 5.34. The molecule has 0 saturated heterocycles. The van der Waals surface area contributed by atoms with Crippen molar-refractivity contribution < 1.29 is 24.5 Å². The van der Waals surface area contributed by atoms with Crippen LogP contribution in [0.5, 0.6) is 0 Å². The highest BCUT2D eigenvalue weighted by atomic mass is 16.7. The molecule has 0 aromatic carbocycles. The third-order valence-corrected chi connectivity index (χ3v) is 7.17. The van der Waals surface area contributed by atoms with Crippen molar-refractivity contribution in [2.24, 2.45) is 10.8 Å². The molecule has 11 nitrogen and oxygen atoms in total. The van der Waals surface area contributed by atoms with Crippen molar-refractivity contribution in [1.29, 1.82) is 0 Å². The molecular weight excluding hydrogens is 514 g/mol. The van der Waals surface area contributed by atoms with Crippen LogP contribution < -0.4 is 16.4 Å². The lowest BCUT2D eigenvalue weighted by atomic mass is 9.86. The third-order valence-electron chi connectivity index (χ3n) is 7.17. The van der Waals surface area contributed by atoms with Crippen LogP contribution in [0.25, 0.3) is 0 Å². The van der Waals surface area contributed by atoms with Crippen molar-refractivity contribution in [1.82, 2.24) is 10.6 Å². The van der Waals surface area contributed by atoms with Gasteiger partial charge in [-0.05, 0) is 45.1 Å². The summed E-state index contributed by atoms with van der Waals surface area (Å²) in [6, 6.07) is 0. The van der Waals surface area contributed by atoms with Crippen molar-refractivity contribution in [3.05, 3.63) is 10.1 Å². The number of hydrogen-bond acceptors (Lipinski definition) is 6. The Morgan fingerprint density at radius 3 is 2.00 bits per heavy atom. The molecule has 0 aromatic rings. The van der Waals surface area contributed by atoms with Gasteiger partial charge in [0.15, 0.2) is 5.03 Å². The number of nitrogens with two attached hydrogens (primary N) is 1. The van der Waals surface area contributed by atoms with Gasteiger partial charge in [-0.2, -0.15) is 0 Å². The maximum absolute atomic E-state index is 12.3. The van der Waals surface area contributed by atoms with Gasteiger partial charge in [0, 0.05) is 13.0 Å². The number of rotatable bonds is 28. The van der Waals surface area contributed by atoms with E-state index in [1.165, 1.54) is 32.1 Å². The van der Waals surface area contributed by atoms with Crippen LogP contribution in [0.3, 0.4) is 0 Å². The number of carboxylic acids is 1. The van der Waals surface area contributed by atoms with Crippen LogP contribution in [-0.4, -0.2) is 53.3 Å². The van der Waals surface area contributed by atoms with Crippen molar-refractivity contribution in [3.8, 4) is 0 Å². The number of aliphatic carboxylic acids is 1. The second-order valence-electron chi connectivity index (χ2n) is 10.7. The molecule has 1 unspecified atom stereocenters. The second-order valence-corrected chi connectivity index (χ2v) is 10.7. The Balaban J connectivity index is 4.25. The summed E-state index contributed by atoms with van der Waals surface area (Å²) in [5.41, 5.74) is 4.41. The van der Waals surface area contributed by atoms with E-state index in [0.29, 0.717) is 45.4 Å². The van der Waals surface area contributed by atoms with Crippen LogP contribution in [0.1, 0.15) is 142 Å². The predicted octanol–water partition coefficient (Wildman–Crippen LogP) is 5.88. The van der Waals surface area contributed by atoms with Gasteiger partial charge in [0.25, 0.3) is 5.96 Å². The standard InChI is InChI=1S/C29H57N5O6/c1-3-5-7-9-10-14-18-25-40-26(35)20-15-12-11-13-17-24-32-29(27(36)37,21-16-8-6-4-2)22-19-23-31-28(30)33-34(38)39/h32H,3-25H2,1-2H3,(H,36,37)(H3,30,31,33). The highest BCUT2D eigenvalue weighted by Gasteiger charge is 2.36. The fraction of sp³-hybridized carbons (Fsp3) is 0.897. The predicted molar refractivity (Wildman–Crippen MR) is 160 cm³/mol. The molecular formula is C29H57N5O6. The summed E-state index contributed by atoms with van der Waals surface area (Å²) in [7, 11) is 0. The minimum absolute atomic E-state index is 0.108. The van der Waals surface area contributed by atoms with E-state index in [1.54, 1.807) is 0 Å². The SMILES string of the molecule is CCCCCCCCCOC(=O)CCCCCCCNC(CCCCCC)(CCCNC(N)=N[N+](=O)[O-])C(=O)O. The topological polar surface area (TPSA) is 169 Å². The molecule has 0 rings (SSSR count). The maximum atomic E-state index is 12.3. The lowest BCUT2D eigenvalue weighted by Gasteiger charge is -2.31. The highest BCUT2D eigenvalue weighted by Crippen LogP contribution is 2.23. The first-order valence-corrected chi connectivity index (χ1v) is 15.6. The number of carbonyl (C=O) groups is 2. The zero-order valence-corrected chi connectivity index (χ0v) is 25.2. The van der Waals surface area contributed by atoms with E-state index in [4.69, 9.17) is 10.5 Å². The van der Waals surface area contributed by atoms with Crippen LogP contribution in [0.4, 0.5) is 0 Å². The first kappa shape index (κ1) is 37.6. The number of carbonyl (C=O) groups excluding carboxylic acids is 1. The van der Waals surface area contributed by atoms with Gasteiger partial charge in [-0.1, -0.05) is 97.3 Å². The second kappa shape index (κ2) is 25.5. The maximum Gasteiger partial charge on any atom is 0.323 e. The lowest BCUT2D eigenvalue weighted by molar-refractivity contribution is -0.485. The number of unbranched alkanes of at least 4 members (excludes halogenated alkanes) is 13. The molecule has 0 aliphatic heterocycles. The number of nitrogens with zero attached hydrogens (tertiary/aromatic N) is 2. The number of nitro groups is 1. The normalized spacial score (nSPS) is 13.1. The molecule has 5 N–H and O–H groups in total. The number of hydrazone groups is 1. The van der Waals surface area contributed by atoms with Crippen LogP contribution in [0.2, 0.25) is 0 Å². The fourth-order valence-electron chi connectivity index (χ4n) is 4.74. The average Bonchev–Trinajstić information content (AvgIpc) is 2.91. The Kier molecular flexibility index (Phi) is 24.0. The molecule has 234 valence electrons. The van der Waals surface area contributed by atoms with Crippen LogP contribution in [0, 0.1) is 10.1 Å². The molecule has 0 fully saturated rings. The van der Waals surface area contributed by atoms with Gasteiger partial charge in [0.05, 0.1) is 6.61 Å². The summed E-state index contributed by atoms with van der Waals surface area (Å²) >= 11 is 0. The molecule has 0 spiro atoms. The van der Waals surface area contributed by atoms with Gasteiger partial charge in [-0.15, -0.1) is 0 Å². The number of nitrogens with one attached hydrogen (secondary N) is 2. The largest absolute Gasteiger partial charge is 0.480 e. The zero-order valence-electron chi connectivity index (χ0n) is 25.2. The van der Waals surface area contributed by atoms with Crippen molar-refractivity contribution >= 4 is 17.9 Å². The number of esters is 1. The molecule has 0 saturated carbocycles. The number of guanidine groups is 1. The van der Waals surface area contributed by atoms with Gasteiger partial charge in [0.2, 0.25) is 0 Å². The quantitative estimate of drug-likeness (QED) is 0.0224. The molecule has 0 aliphatic rings. The van der Waals surface area contributed by atoms with E-state index in [1.807, 2.05) is 0 Å². The molecule has 0 amide bonds. The Morgan fingerprint density at radius 2 is 1.38 bits per heavy atom. The van der Waals surface area contributed by atoms with Crippen LogP contribution in [-0.2, 0) is 14.3 Å². The molecule has 0 radical (unpaired) electrons. The van der Waals surface area contributed by atoms with Gasteiger partial charge in [0.1, 0.15) is 10.6 Å². The molecule has 1 atom stereocenters. The van der Waals surface area contributed by atoms with Gasteiger partial charge in [-0.3, -0.25) is 9.59 Å². The summed E-state index contributed by atoms with van der Waals surface area (Å²) in [4.78, 5) is 34.6. The van der Waals surface area contributed by atoms with E-state index in [0.717, 1.165) is 70.6 Å². The first-order valence-electron chi connectivity index (χ1n) is 15.6. The van der Waals surface area contributed by atoms with E-state index in [2.05, 4.69) is 29.6 Å². The van der Waals surface area contributed by atoms with E-state index < -0.39 is 16.5 Å². The van der Waals surface area contributed by atoms with Crippen molar-refractivity contribution in [3.63, 3.8) is 0 Å². The fourth-order valence-corrected chi connectivity index (χ4v) is 4.74. The van der Waals surface area contributed by atoms with Gasteiger partial charge < -0.3 is 26.2 Å². The van der Waals surface area contributed by atoms with Crippen molar-refractivity contribution in [2.75, 3.05) is 19.7 Å². The third kappa shape index (κ3) is 21.4. The Bertz CT molecular complexity index is 706.